The van der Waals surface area contributed by atoms with Crippen molar-refractivity contribution < 1.29 is 67.0 Å². The van der Waals surface area contributed by atoms with Gasteiger partial charge in [-0.25, -0.2) is 14.4 Å². The van der Waals surface area contributed by atoms with Gasteiger partial charge in [-0.3, -0.25) is 14.4 Å². The summed E-state index contributed by atoms with van der Waals surface area (Å²) < 4.78 is 33.5. The molecule has 0 unspecified atom stereocenters. The number of esters is 2. The molecular weight excluding hydrogens is 688 g/mol. The normalized spacial score (nSPS) is 9.44. The summed E-state index contributed by atoms with van der Waals surface area (Å²) in [5.74, 6) is -2.40. The average molecular weight is 749 g/mol. The zero-order valence-electron chi connectivity index (χ0n) is 31.6. The number of amides is 3. The van der Waals surface area contributed by atoms with Gasteiger partial charge in [0.05, 0.1) is 46.2 Å². The van der Waals surface area contributed by atoms with Crippen molar-refractivity contribution in [3.63, 3.8) is 0 Å². The zero-order valence-corrected chi connectivity index (χ0v) is 31.6. The molecule has 0 saturated carbocycles. The third-order valence-corrected chi connectivity index (χ3v) is 4.87. The van der Waals surface area contributed by atoms with Gasteiger partial charge in [-0.05, 0) is 27.7 Å². The molecule has 3 amide bonds. The van der Waals surface area contributed by atoms with E-state index in [4.69, 9.17) is 29.8 Å². The Bertz CT molecular complexity index is 1070. The molecule has 18 heteroatoms. The monoisotopic (exact) mass is 748 g/mol. The van der Waals surface area contributed by atoms with Crippen LogP contribution in [-0.2, 0) is 61.9 Å². The van der Waals surface area contributed by atoms with Crippen molar-refractivity contribution in [2.75, 3.05) is 106 Å². The lowest BCUT2D eigenvalue weighted by Crippen LogP contribution is -2.31. The molecule has 0 aromatic rings. The Morgan fingerprint density at radius 1 is 0.538 bits per heavy atom. The number of carboxylic acid groups (broad SMARTS) is 1. The van der Waals surface area contributed by atoms with Crippen LogP contribution in [0.15, 0.2) is 48.6 Å². The third kappa shape index (κ3) is 45.5. The second kappa shape index (κ2) is 39.3. The van der Waals surface area contributed by atoms with Crippen molar-refractivity contribution in [3.8, 4) is 0 Å². The van der Waals surface area contributed by atoms with Crippen LogP contribution in [0.25, 0.3) is 0 Å². The summed E-state index contributed by atoms with van der Waals surface area (Å²) in [4.78, 5) is 64.6. The van der Waals surface area contributed by atoms with Crippen LogP contribution in [0.4, 0.5) is 0 Å². The number of carbonyl (C=O) groups excluding carboxylic acids is 5. The zero-order chi connectivity index (χ0) is 40.7. The molecule has 52 heavy (non-hydrogen) atoms. The molecule has 0 fully saturated rings. The van der Waals surface area contributed by atoms with E-state index in [0.29, 0.717) is 81.6 Å². The fourth-order valence-electron chi connectivity index (χ4n) is 2.27. The predicted octanol–water partition coefficient (Wildman–Crippen LogP) is 0.0709. The summed E-state index contributed by atoms with van der Waals surface area (Å²) in [5.41, 5.74) is 6.75. The third-order valence-electron chi connectivity index (χ3n) is 4.87. The molecule has 0 heterocycles. The first-order chi connectivity index (χ1) is 24.5. The molecule has 6 N–H and O–H groups in total. The Balaban J connectivity index is -0.000000309. The highest BCUT2D eigenvalue weighted by atomic mass is 16.5. The topological polar surface area (TPSA) is 249 Å². The lowest BCUT2D eigenvalue weighted by atomic mass is 10.3. The summed E-state index contributed by atoms with van der Waals surface area (Å²) in [6, 6.07) is 0. The van der Waals surface area contributed by atoms with Crippen LogP contribution in [0.1, 0.15) is 27.7 Å². The molecule has 0 saturated heterocycles. The van der Waals surface area contributed by atoms with E-state index in [9.17, 15) is 28.8 Å². The van der Waals surface area contributed by atoms with E-state index in [1.807, 2.05) is 0 Å². The van der Waals surface area contributed by atoms with Crippen LogP contribution < -0.4 is 21.7 Å². The van der Waals surface area contributed by atoms with Gasteiger partial charge in [0.25, 0.3) is 0 Å². The van der Waals surface area contributed by atoms with E-state index in [0.717, 1.165) is 0 Å². The number of nitrogens with one attached hydrogen (secondary N) is 3. The van der Waals surface area contributed by atoms with Crippen molar-refractivity contribution in [1.82, 2.24) is 16.0 Å². The Hall–Kier alpha value is -4.46. The Morgan fingerprint density at radius 2 is 0.942 bits per heavy atom. The van der Waals surface area contributed by atoms with Gasteiger partial charge in [-0.15, -0.1) is 0 Å². The fourth-order valence-corrected chi connectivity index (χ4v) is 2.27. The second-order valence-corrected chi connectivity index (χ2v) is 10.1. The first-order valence-corrected chi connectivity index (χ1v) is 15.9. The van der Waals surface area contributed by atoms with Crippen LogP contribution in [0.5, 0.6) is 0 Å². The Morgan fingerprint density at radius 3 is 1.31 bits per heavy atom. The molecule has 0 aliphatic rings. The van der Waals surface area contributed by atoms with E-state index in [1.165, 1.54) is 7.11 Å². The second-order valence-electron chi connectivity index (χ2n) is 10.1. The van der Waals surface area contributed by atoms with Crippen LogP contribution in [0, 0.1) is 0 Å². The fraction of sp³-hybridized carbons (Fsp3) is 0.588. The van der Waals surface area contributed by atoms with Gasteiger partial charge in [0.2, 0.25) is 17.7 Å². The van der Waals surface area contributed by atoms with Crippen LogP contribution in [-0.4, -0.2) is 147 Å². The number of aliphatic carboxylic acids is 1. The highest BCUT2D eigenvalue weighted by Gasteiger charge is 2.05. The van der Waals surface area contributed by atoms with Gasteiger partial charge in [0.1, 0.15) is 26.4 Å². The molecule has 0 radical (unpaired) electrons. The lowest BCUT2D eigenvalue weighted by Gasteiger charge is -2.07. The predicted molar refractivity (Wildman–Crippen MR) is 193 cm³/mol. The molecule has 0 aromatic heterocycles. The number of ether oxygens (including phenoxy) is 7. The van der Waals surface area contributed by atoms with E-state index in [1.54, 1.807) is 34.8 Å². The van der Waals surface area contributed by atoms with Crippen molar-refractivity contribution in [2.24, 2.45) is 5.73 Å². The first kappa shape index (κ1) is 54.3. The van der Waals surface area contributed by atoms with E-state index in [-0.39, 0.29) is 56.7 Å². The van der Waals surface area contributed by atoms with Gasteiger partial charge in [0, 0.05) is 56.1 Å². The molecule has 0 rings (SSSR count). The van der Waals surface area contributed by atoms with Crippen LogP contribution >= 0.6 is 0 Å². The van der Waals surface area contributed by atoms with E-state index < -0.39 is 11.9 Å². The molecule has 0 atom stereocenters. The summed E-state index contributed by atoms with van der Waals surface area (Å²) in [5, 5.41) is 15.9. The van der Waals surface area contributed by atoms with Crippen molar-refractivity contribution in [2.45, 2.75) is 27.7 Å². The molecule has 0 aromatic carbocycles. The number of hydrogen-bond acceptors (Lipinski definition) is 14. The molecular formula is C34H60N4O14. The van der Waals surface area contributed by atoms with Crippen molar-refractivity contribution in [3.05, 3.63) is 48.6 Å². The van der Waals surface area contributed by atoms with E-state index in [2.05, 4.69) is 56.5 Å². The Labute approximate surface area is 307 Å². The van der Waals surface area contributed by atoms with Gasteiger partial charge < -0.3 is 59.9 Å². The first-order valence-electron chi connectivity index (χ1n) is 15.9. The van der Waals surface area contributed by atoms with Crippen molar-refractivity contribution in [1.29, 1.82) is 0 Å². The number of hydrogen-bond donors (Lipinski definition) is 5. The minimum Gasteiger partial charge on any atom is -0.480 e. The largest absolute Gasteiger partial charge is 0.480 e. The minimum atomic E-state index is -0.953. The summed E-state index contributed by atoms with van der Waals surface area (Å²) >= 11 is 0. The summed E-state index contributed by atoms with van der Waals surface area (Å²) in [7, 11) is 3.09. The standard InChI is InChI=1S/C12H20N2O3.C11H19NO5.C6H11NO2.C5H10O4/c1-9(2)11(15)13-5-7-17-8-6-14-12(16)10(3)4;1-9(2)11(14)17-5-4-12-10(13)8-16-7-6-15-3;1-5(2)6(8)9-4-3-7;1-8-2-3-9-4-5(6)7/h1,3,5-8H2,2,4H3,(H,13,15)(H,14,16);1,4-8H2,2-3H3,(H,12,13);1,3-4,7H2,2H3;2-4H2,1H3,(H,6,7). The number of nitrogens with two attached hydrogens (primary N) is 1. The molecule has 18 nitrogen and oxygen atoms in total. The van der Waals surface area contributed by atoms with Gasteiger partial charge >= 0.3 is 17.9 Å². The maximum Gasteiger partial charge on any atom is 0.333 e. The maximum absolute atomic E-state index is 11.1. The smallest absolute Gasteiger partial charge is 0.333 e. The molecule has 0 aliphatic heterocycles. The summed E-state index contributed by atoms with van der Waals surface area (Å²) in [6.07, 6.45) is 0. The van der Waals surface area contributed by atoms with Gasteiger partial charge in [-0.1, -0.05) is 26.3 Å². The minimum absolute atomic E-state index is 0.0300. The highest BCUT2D eigenvalue weighted by molar-refractivity contribution is 5.92. The quantitative estimate of drug-likeness (QED) is 0.0471. The molecule has 0 spiro atoms. The van der Waals surface area contributed by atoms with Gasteiger partial charge in [-0.2, -0.15) is 0 Å². The van der Waals surface area contributed by atoms with E-state index >= 15 is 0 Å². The number of carbonyl (C=O) groups is 6. The number of methoxy groups -OCH3 is 2. The van der Waals surface area contributed by atoms with Gasteiger partial charge in [0.15, 0.2) is 0 Å². The van der Waals surface area contributed by atoms with Crippen molar-refractivity contribution >= 4 is 35.6 Å². The lowest BCUT2D eigenvalue weighted by molar-refractivity contribution is -0.142. The average Bonchev–Trinajstić information content (AvgIpc) is 3.09. The molecule has 300 valence electrons. The molecule has 0 aliphatic carbocycles. The van der Waals surface area contributed by atoms with Crippen LogP contribution in [0.2, 0.25) is 0 Å². The maximum atomic E-state index is 11.1. The van der Waals surface area contributed by atoms with Crippen LogP contribution in [0.3, 0.4) is 0 Å². The number of rotatable bonds is 25. The SMILES string of the molecule is C=C(C)C(=O)NCCOCCNC(=O)C(=C)C.C=C(C)C(=O)OCCN.C=C(C)C(=O)OCCNC(=O)COCCOC.COCCOCC(=O)O. The molecule has 0 bridgehead atoms. The highest BCUT2D eigenvalue weighted by Crippen LogP contribution is 1.91. The Kier molecular flexibility index (Phi) is 41.1. The number of carboxylic acids is 1. The summed E-state index contributed by atoms with van der Waals surface area (Å²) in [6.45, 7) is 24.3.